The molecule has 0 radical (unpaired) electrons. The molecule has 2 saturated heterocycles. The van der Waals surface area contributed by atoms with Gasteiger partial charge in [0, 0.05) is 44.2 Å². The summed E-state index contributed by atoms with van der Waals surface area (Å²) in [4.78, 5) is 19.4. The molecule has 128 valence electrons. The van der Waals surface area contributed by atoms with E-state index < -0.39 is 0 Å². The Labute approximate surface area is 136 Å². The summed E-state index contributed by atoms with van der Waals surface area (Å²) in [5.41, 5.74) is 0. The Hall–Kier alpha value is -0.610. The highest BCUT2D eigenvalue weighted by atomic mass is 16.2. The van der Waals surface area contributed by atoms with Crippen molar-refractivity contribution < 1.29 is 4.79 Å². The summed E-state index contributed by atoms with van der Waals surface area (Å²) < 4.78 is 0. The van der Waals surface area contributed by atoms with Gasteiger partial charge in [-0.05, 0) is 52.6 Å². The largest absolute Gasteiger partial charge is 0.340 e. The van der Waals surface area contributed by atoms with Crippen molar-refractivity contribution in [3.63, 3.8) is 0 Å². The Bertz CT molecular complexity index is 361. The van der Waals surface area contributed by atoms with E-state index in [4.69, 9.17) is 0 Å². The number of likely N-dealkylation sites (tertiary alicyclic amines) is 1. The zero-order chi connectivity index (χ0) is 16.3. The second-order valence-electron chi connectivity index (χ2n) is 7.86. The van der Waals surface area contributed by atoms with Crippen LogP contribution >= 0.6 is 0 Å². The Balaban J connectivity index is 1.77. The summed E-state index contributed by atoms with van der Waals surface area (Å²) in [5.74, 6) is 1.28. The molecule has 0 bridgehead atoms. The van der Waals surface area contributed by atoms with Gasteiger partial charge in [0.2, 0.25) is 5.91 Å². The first kappa shape index (κ1) is 17.7. The van der Waals surface area contributed by atoms with Crippen LogP contribution < -0.4 is 0 Å². The van der Waals surface area contributed by atoms with Gasteiger partial charge in [-0.1, -0.05) is 13.8 Å². The van der Waals surface area contributed by atoms with Crippen LogP contribution in [0.15, 0.2) is 0 Å². The summed E-state index contributed by atoms with van der Waals surface area (Å²) in [6, 6.07) is 1.19. The fourth-order valence-electron chi connectivity index (χ4n) is 3.82. The molecule has 0 aromatic heterocycles. The molecule has 2 heterocycles. The van der Waals surface area contributed by atoms with Crippen molar-refractivity contribution >= 4 is 5.91 Å². The van der Waals surface area contributed by atoms with E-state index in [-0.39, 0.29) is 5.92 Å². The smallest absolute Gasteiger partial charge is 0.225 e. The minimum atomic E-state index is 0.124. The zero-order valence-corrected chi connectivity index (χ0v) is 15.2. The van der Waals surface area contributed by atoms with Crippen LogP contribution in [0.3, 0.4) is 0 Å². The van der Waals surface area contributed by atoms with Crippen LogP contribution in [0.2, 0.25) is 0 Å². The predicted octanol–water partition coefficient (Wildman–Crippen LogP) is 2.30. The van der Waals surface area contributed by atoms with E-state index in [1.807, 2.05) is 13.8 Å². The fourth-order valence-corrected chi connectivity index (χ4v) is 3.82. The molecular formula is C18H35N3O. The van der Waals surface area contributed by atoms with Gasteiger partial charge in [-0.15, -0.1) is 0 Å². The van der Waals surface area contributed by atoms with Gasteiger partial charge >= 0.3 is 0 Å². The molecule has 0 aromatic rings. The third-order valence-corrected chi connectivity index (χ3v) is 5.44. The number of rotatable bonds is 4. The van der Waals surface area contributed by atoms with Gasteiger partial charge in [-0.2, -0.15) is 0 Å². The molecule has 2 rings (SSSR count). The second-order valence-corrected chi connectivity index (χ2v) is 7.86. The second kappa shape index (κ2) is 7.78. The normalized spacial score (nSPS) is 26.1. The Morgan fingerprint density at radius 2 is 1.68 bits per heavy atom. The first-order valence-electron chi connectivity index (χ1n) is 9.15. The summed E-state index contributed by atoms with van der Waals surface area (Å²) in [6.07, 6.45) is 2.66. The van der Waals surface area contributed by atoms with Crippen LogP contribution in [0.4, 0.5) is 0 Å². The van der Waals surface area contributed by atoms with Crippen LogP contribution in [-0.4, -0.2) is 72.0 Å². The van der Waals surface area contributed by atoms with E-state index in [1.165, 1.54) is 32.5 Å². The van der Waals surface area contributed by atoms with Crippen molar-refractivity contribution in [3.8, 4) is 0 Å². The molecule has 2 fully saturated rings. The van der Waals surface area contributed by atoms with Crippen molar-refractivity contribution in [3.05, 3.63) is 0 Å². The van der Waals surface area contributed by atoms with Crippen molar-refractivity contribution in [2.24, 2.45) is 11.8 Å². The summed E-state index contributed by atoms with van der Waals surface area (Å²) >= 11 is 0. The first-order chi connectivity index (χ1) is 10.4. The lowest BCUT2D eigenvalue weighted by molar-refractivity contribution is -0.137. The monoisotopic (exact) mass is 309 g/mol. The SMILES string of the molecule is CC(C)C(=O)N1CCN(CC2CCN(C(C)C)CC2)[C@H](C)C1. The van der Waals surface area contributed by atoms with Crippen LogP contribution in [0.5, 0.6) is 0 Å². The van der Waals surface area contributed by atoms with E-state index >= 15 is 0 Å². The predicted molar refractivity (Wildman–Crippen MR) is 91.9 cm³/mol. The molecule has 2 aliphatic rings. The van der Waals surface area contributed by atoms with Gasteiger partial charge in [0.05, 0.1) is 0 Å². The molecule has 0 saturated carbocycles. The molecule has 4 nitrogen and oxygen atoms in total. The van der Waals surface area contributed by atoms with E-state index in [9.17, 15) is 4.79 Å². The third kappa shape index (κ3) is 4.45. The van der Waals surface area contributed by atoms with Crippen molar-refractivity contribution in [1.82, 2.24) is 14.7 Å². The maximum absolute atomic E-state index is 12.1. The van der Waals surface area contributed by atoms with Crippen molar-refractivity contribution in [2.75, 3.05) is 39.3 Å². The van der Waals surface area contributed by atoms with Gasteiger partial charge in [-0.3, -0.25) is 9.69 Å². The van der Waals surface area contributed by atoms with Gasteiger partial charge in [0.25, 0.3) is 0 Å². The number of carbonyl (C=O) groups is 1. The Morgan fingerprint density at radius 3 is 2.18 bits per heavy atom. The van der Waals surface area contributed by atoms with Gasteiger partial charge in [0.15, 0.2) is 0 Å². The van der Waals surface area contributed by atoms with Crippen LogP contribution in [0.1, 0.15) is 47.5 Å². The summed E-state index contributed by atoms with van der Waals surface area (Å²) in [6.45, 7) is 17.5. The standard InChI is InChI=1S/C18H35N3O/c1-14(2)18(22)21-11-10-20(16(5)12-21)13-17-6-8-19(9-7-17)15(3)4/h14-17H,6-13H2,1-5H3/t16-/m1/s1. The average Bonchev–Trinajstić information content (AvgIpc) is 2.49. The molecule has 22 heavy (non-hydrogen) atoms. The number of piperazine rings is 1. The number of hydrogen-bond donors (Lipinski definition) is 0. The van der Waals surface area contributed by atoms with E-state index in [1.54, 1.807) is 0 Å². The first-order valence-corrected chi connectivity index (χ1v) is 9.15. The molecule has 2 aliphatic heterocycles. The third-order valence-electron chi connectivity index (χ3n) is 5.44. The van der Waals surface area contributed by atoms with Crippen LogP contribution in [0, 0.1) is 11.8 Å². The van der Waals surface area contributed by atoms with Gasteiger partial charge < -0.3 is 9.80 Å². The molecular weight excluding hydrogens is 274 g/mol. The quantitative estimate of drug-likeness (QED) is 0.797. The fraction of sp³-hybridized carbons (Fsp3) is 0.944. The van der Waals surface area contributed by atoms with Crippen LogP contribution in [0.25, 0.3) is 0 Å². The number of hydrogen-bond acceptors (Lipinski definition) is 3. The molecule has 0 aromatic carbocycles. The number of amides is 1. The minimum absolute atomic E-state index is 0.124. The number of nitrogens with zero attached hydrogens (tertiary/aromatic N) is 3. The van der Waals surface area contributed by atoms with Crippen molar-refractivity contribution in [1.29, 1.82) is 0 Å². The highest BCUT2D eigenvalue weighted by molar-refractivity contribution is 5.78. The number of piperidine rings is 1. The molecule has 4 heteroatoms. The zero-order valence-electron chi connectivity index (χ0n) is 15.2. The molecule has 0 aliphatic carbocycles. The molecule has 1 amide bonds. The maximum atomic E-state index is 12.1. The number of carbonyl (C=O) groups excluding carboxylic acids is 1. The Kier molecular flexibility index (Phi) is 6.27. The maximum Gasteiger partial charge on any atom is 0.225 e. The summed E-state index contributed by atoms with van der Waals surface area (Å²) in [7, 11) is 0. The van der Waals surface area contributed by atoms with Gasteiger partial charge in [0.1, 0.15) is 0 Å². The lowest BCUT2D eigenvalue weighted by atomic mass is 9.94. The highest BCUT2D eigenvalue weighted by Crippen LogP contribution is 2.22. The van der Waals surface area contributed by atoms with E-state index in [2.05, 4.69) is 35.5 Å². The topological polar surface area (TPSA) is 26.8 Å². The van der Waals surface area contributed by atoms with E-state index in [0.29, 0.717) is 18.0 Å². The summed E-state index contributed by atoms with van der Waals surface area (Å²) in [5, 5.41) is 0. The molecule has 0 N–H and O–H groups in total. The Morgan fingerprint density at radius 1 is 1.05 bits per heavy atom. The molecule has 0 spiro atoms. The molecule has 0 unspecified atom stereocenters. The van der Waals surface area contributed by atoms with Crippen molar-refractivity contribution in [2.45, 2.75) is 59.5 Å². The molecule has 1 atom stereocenters. The lowest BCUT2D eigenvalue weighted by Gasteiger charge is -2.43. The highest BCUT2D eigenvalue weighted by Gasteiger charge is 2.30. The lowest BCUT2D eigenvalue weighted by Crippen LogP contribution is -2.55. The van der Waals surface area contributed by atoms with Gasteiger partial charge in [-0.25, -0.2) is 0 Å². The average molecular weight is 309 g/mol. The minimum Gasteiger partial charge on any atom is -0.340 e. The van der Waals surface area contributed by atoms with Crippen LogP contribution in [-0.2, 0) is 4.79 Å². The van der Waals surface area contributed by atoms with E-state index in [0.717, 1.165) is 25.6 Å².